The highest BCUT2D eigenvalue weighted by atomic mass is 32.2. The highest BCUT2D eigenvalue weighted by Crippen LogP contribution is 2.44. The summed E-state index contributed by atoms with van der Waals surface area (Å²) in [5.74, 6) is 5.33. The fourth-order valence-electron chi connectivity index (χ4n) is 0.940. The van der Waals surface area contributed by atoms with Crippen LogP contribution in [0.4, 0.5) is 0 Å². The van der Waals surface area contributed by atoms with Crippen LogP contribution < -0.4 is 0 Å². The Kier molecular flexibility index (Phi) is 5.21. The van der Waals surface area contributed by atoms with Gasteiger partial charge in [-0.25, -0.2) is 0 Å². The first kappa shape index (κ1) is 10.1. The minimum atomic E-state index is 0.999. The molecule has 0 saturated carbocycles. The third kappa shape index (κ3) is 4.00. The predicted octanol–water partition coefficient (Wildman–Crippen LogP) is 2.98. The van der Waals surface area contributed by atoms with Crippen molar-refractivity contribution in [2.24, 2.45) is 0 Å². The van der Waals surface area contributed by atoms with E-state index in [0.29, 0.717) is 0 Å². The first-order chi connectivity index (χ1) is 5.38. The van der Waals surface area contributed by atoms with Crippen molar-refractivity contribution in [3.8, 4) is 0 Å². The Bertz CT molecular complexity index is 93.5. The molecule has 0 bridgehead atoms. The Morgan fingerprint density at radius 2 is 1.45 bits per heavy atom. The lowest BCUT2D eigenvalue weighted by molar-refractivity contribution is 1.07. The molecule has 2 atom stereocenters. The monoisotopic (exact) mass is 208 g/mol. The SMILES string of the molecule is CCSCC1SC1CSCC. The second-order valence-corrected chi connectivity index (χ2v) is 6.65. The van der Waals surface area contributed by atoms with Crippen LogP contribution in [0.3, 0.4) is 0 Å². The molecule has 1 aliphatic heterocycles. The van der Waals surface area contributed by atoms with E-state index in [4.69, 9.17) is 0 Å². The fraction of sp³-hybridized carbons (Fsp3) is 1.00. The van der Waals surface area contributed by atoms with Gasteiger partial charge in [-0.2, -0.15) is 35.3 Å². The minimum Gasteiger partial charge on any atom is -0.161 e. The summed E-state index contributed by atoms with van der Waals surface area (Å²) in [6.45, 7) is 4.49. The summed E-state index contributed by atoms with van der Waals surface area (Å²) < 4.78 is 0. The van der Waals surface area contributed by atoms with Gasteiger partial charge in [0.2, 0.25) is 0 Å². The Balaban J connectivity index is 1.89. The van der Waals surface area contributed by atoms with Crippen LogP contribution in [0.15, 0.2) is 0 Å². The summed E-state index contributed by atoms with van der Waals surface area (Å²) in [6, 6.07) is 0. The van der Waals surface area contributed by atoms with Crippen molar-refractivity contribution in [3.63, 3.8) is 0 Å². The van der Waals surface area contributed by atoms with Gasteiger partial charge >= 0.3 is 0 Å². The van der Waals surface area contributed by atoms with Gasteiger partial charge in [0, 0.05) is 22.0 Å². The van der Waals surface area contributed by atoms with Crippen molar-refractivity contribution in [1.82, 2.24) is 0 Å². The minimum absolute atomic E-state index is 0.999. The van der Waals surface area contributed by atoms with Crippen LogP contribution in [0.25, 0.3) is 0 Å². The Labute approximate surface area is 82.7 Å². The summed E-state index contributed by atoms with van der Waals surface area (Å²) >= 11 is 6.35. The molecule has 2 unspecified atom stereocenters. The summed E-state index contributed by atoms with van der Waals surface area (Å²) in [5, 5.41) is 2.00. The van der Waals surface area contributed by atoms with Crippen molar-refractivity contribution < 1.29 is 0 Å². The molecule has 0 nitrogen and oxygen atoms in total. The Morgan fingerprint density at radius 1 is 1.00 bits per heavy atom. The maximum atomic E-state index is 2.24. The van der Waals surface area contributed by atoms with E-state index in [2.05, 4.69) is 49.1 Å². The lowest BCUT2D eigenvalue weighted by Crippen LogP contribution is -2.00. The van der Waals surface area contributed by atoms with Gasteiger partial charge in [0.15, 0.2) is 0 Å². The van der Waals surface area contributed by atoms with Crippen LogP contribution >= 0.6 is 35.3 Å². The molecule has 0 aromatic heterocycles. The molecule has 0 aromatic carbocycles. The Morgan fingerprint density at radius 3 is 1.82 bits per heavy atom. The lowest BCUT2D eigenvalue weighted by atomic mass is 10.4. The van der Waals surface area contributed by atoms with Gasteiger partial charge in [-0.15, -0.1) is 0 Å². The topological polar surface area (TPSA) is 0 Å². The highest BCUT2D eigenvalue weighted by Gasteiger charge is 2.36. The Hall–Kier alpha value is 1.05. The van der Waals surface area contributed by atoms with Crippen molar-refractivity contribution in [3.05, 3.63) is 0 Å². The molecule has 1 heterocycles. The zero-order chi connectivity index (χ0) is 8.10. The summed E-state index contributed by atoms with van der Waals surface area (Å²) in [7, 11) is 0. The molecule has 1 saturated heterocycles. The molecule has 11 heavy (non-hydrogen) atoms. The molecule has 0 aliphatic carbocycles. The summed E-state index contributed by atoms with van der Waals surface area (Å²) in [4.78, 5) is 0. The third-order valence-corrected chi connectivity index (χ3v) is 5.46. The smallest absolute Gasteiger partial charge is 0.0268 e. The van der Waals surface area contributed by atoms with Crippen LogP contribution in [0.2, 0.25) is 0 Å². The first-order valence-electron chi connectivity index (χ1n) is 4.19. The molecule has 1 rings (SSSR count). The van der Waals surface area contributed by atoms with E-state index in [9.17, 15) is 0 Å². The first-order valence-corrected chi connectivity index (χ1v) is 7.44. The van der Waals surface area contributed by atoms with E-state index >= 15 is 0 Å². The number of hydrogen-bond acceptors (Lipinski definition) is 3. The van der Waals surface area contributed by atoms with E-state index in [-0.39, 0.29) is 0 Å². The second kappa shape index (κ2) is 5.65. The maximum Gasteiger partial charge on any atom is 0.0268 e. The molecule has 0 amide bonds. The molecule has 1 aliphatic rings. The van der Waals surface area contributed by atoms with Crippen LogP contribution in [0.5, 0.6) is 0 Å². The molecule has 3 heteroatoms. The molecular weight excluding hydrogens is 192 g/mol. The van der Waals surface area contributed by atoms with Gasteiger partial charge in [0.05, 0.1) is 0 Å². The standard InChI is InChI=1S/C8H16S3/c1-3-9-5-7-8(11-7)6-10-4-2/h7-8H,3-6H2,1-2H3. The van der Waals surface area contributed by atoms with Crippen molar-refractivity contribution in [2.45, 2.75) is 24.3 Å². The summed E-state index contributed by atoms with van der Waals surface area (Å²) in [5.41, 5.74) is 0. The molecule has 0 spiro atoms. The normalized spacial score (nSPS) is 28.9. The molecular formula is C8H16S3. The maximum absolute atomic E-state index is 2.24. The van der Waals surface area contributed by atoms with Crippen LogP contribution in [0, 0.1) is 0 Å². The average Bonchev–Trinajstić information content (AvgIpc) is 2.76. The van der Waals surface area contributed by atoms with Crippen molar-refractivity contribution >= 4 is 35.3 Å². The van der Waals surface area contributed by atoms with Crippen molar-refractivity contribution in [2.75, 3.05) is 23.0 Å². The second-order valence-electron chi connectivity index (χ2n) is 2.53. The lowest BCUT2D eigenvalue weighted by Gasteiger charge is -1.95. The van der Waals surface area contributed by atoms with Gasteiger partial charge in [0.25, 0.3) is 0 Å². The highest BCUT2D eigenvalue weighted by molar-refractivity contribution is 8.10. The zero-order valence-electron chi connectivity index (χ0n) is 7.21. The largest absolute Gasteiger partial charge is 0.161 e. The van der Waals surface area contributed by atoms with E-state index in [0.717, 1.165) is 10.5 Å². The van der Waals surface area contributed by atoms with Crippen LogP contribution in [-0.4, -0.2) is 33.5 Å². The van der Waals surface area contributed by atoms with Crippen molar-refractivity contribution in [1.29, 1.82) is 0 Å². The molecule has 0 radical (unpaired) electrons. The third-order valence-electron chi connectivity index (χ3n) is 1.66. The number of rotatable bonds is 6. The summed E-state index contributed by atoms with van der Waals surface area (Å²) in [6.07, 6.45) is 0. The van der Waals surface area contributed by atoms with Gasteiger partial charge in [-0.3, -0.25) is 0 Å². The number of hydrogen-bond donors (Lipinski definition) is 0. The van der Waals surface area contributed by atoms with Gasteiger partial charge < -0.3 is 0 Å². The molecule has 0 N–H and O–H groups in total. The molecule has 66 valence electrons. The van der Waals surface area contributed by atoms with Gasteiger partial charge in [-0.05, 0) is 11.5 Å². The van der Waals surface area contributed by atoms with E-state index < -0.39 is 0 Å². The zero-order valence-corrected chi connectivity index (χ0v) is 9.66. The van der Waals surface area contributed by atoms with E-state index in [1.165, 1.54) is 23.0 Å². The average molecular weight is 208 g/mol. The fourth-order valence-corrected chi connectivity index (χ4v) is 4.34. The van der Waals surface area contributed by atoms with Crippen LogP contribution in [-0.2, 0) is 0 Å². The number of thioether (sulfide) groups is 3. The van der Waals surface area contributed by atoms with Crippen LogP contribution in [0.1, 0.15) is 13.8 Å². The molecule has 0 aromatic rings. The predicted molar refractivity (Wildman–Crippen MR) is 61.2 cm³/mol. The van der Waals surface area contributed by atoms with E-state index in [1.807, 2.05) is 0 Å². The van der Waals surface area contributed by atoms with Gasteiger partial charge in [-0.1, -0.05) is 13.8 Å². The quantitative estimate of drug-likeness (QED) is 0.616. The van der Waals surface area contributed by atoms with E-state index in [1.54, 1.807) is 0 Å². The van der Waals surface area contributed by atoms with Gasteiger partial charge in [0.1, 0.15) is 0 Å². The molecule has 1 fully saturated rings.